The number of amides is 1. The monoisotopic (exact) mass is 238 g/mol. The third kappa shape index (κ3) is 2.10. The molecule has 3 nitrogen and oxygen atoms in total. The van der Waals surface area contributed by atoms with Crippen LogP contribution >= 0.6 is 0 Å². The number of likely N-dealkylation sites (tertiary alicyclic amines) is 1. The lowest BCUT2D eigenvalue weighted by Gasteiger charge is -2.32. The van der Waals surface area contributed by atoms with Crippen molar-refractivity contribution in [3.8, 4) is 0 Å². The zero-order chi connectivity index (χ0) is 12.8. The van der Waals surface area contributed by atoms with Crippen LogP contribution in [0.2, 0.25) is 0 Å². The fourth-order valence-electron chi connectivity index (χ4n) is 3.21. The number of carbonyl (C=O) groups excluding carboxylic acids is 1. The zero-order valence-corrected chi connectivity index (χ0v) is 11.8. The minimum atomic E-state index is 0.218. The van der Waals surface area contributed by atoms with Gasteiger partial charge in [-0.05, 0) is 23.7 Å². The van der Waals surface area contributed by atoms with Gasteiger partial charge in [0.2, 0.25) is 5.91 Å². The van der Waals surface area contributed by atoms with Gasteiger partial charge in [-0.1, -0.05) is 27.7 Å². The van der Waals surface area contributed by atoms with E-state index < -0.39 is 0 Å². The van der Waals surface area contributed by atoms with Crippen molar-refractivity contribution in [1.82, 2.24) is 10.2 Å². The third-order valence-corrected chi connectivity index (χ3v) is 5.36. The lowest BCUT2D eigenvalue weighted by atomic mass is 10.0. The summed E-state index contributed by atoms with van der Waals surface area (Å²) in [6, 6.07) is 1.22. The topological polar surface area (TPSA) is 32.3 Å². The maximum Gasteiger partial charge on any atom is 0.219 e. The molecule has 1 N–H and O–H groups in total. The van der Waals surface area contributed by atoms with Crippen LogP contribution in [0.15, 0.2) is 0 Å². The Morgan fingerprint density at radius 2 is 1.59 bits per heavy atom. The summed E-state index contributed by atoms with van der Waals surface area (Å²) in [5.41, 5.74) is 0.815. The molecule has 0 aromatic heterocycles. The summed E-state index contributed by atoms with van der Waals surface area (Å²) in [5.74, 6) is 0.218. The van der Waals surface area contributed by atoms with Gasteiger partial charge in [0.25, 0.3) is 0 Å². The number of carbonyl (C=O) groups is 1. The van der Waals surface area contributed by atoms with E-state index in [1.54, 1.807) is 6.92 Å². The molecule has 0 aromatic rings. The molecule has 0 bridgehead atoms. The van der Waals surface area contributed by atoms with Crippen molar-refractivity contribution in [3.05, 3.63) is 0 Å². The van der Waals surface area contributed by atoms with Crippen LogP contribution in [0.1, 0.15) is 47.5 Å². The van der Waals surface area contributed by atoms with E-state index in [1.165, 1.54) is 0 Å². The summed E-state index contributed by atoms with van der Waals surface area (Å²) in [4.78, 5) is 13.2. The molecule has 1 aliphatic carbocycles. The quantitative estimate of drug-likeness (QED) is 0.798. The SMILES string of the molecule is CC(=O)N1CCC(NC2C(C)(C)C2(C)C)CC1. The highest BCUT2D eigenvalue weighted by atomic mass is 16.2. The summed E-state index contributed by atoms with van der Waals surface area (Å²) < 4.78 is 0. The van der Waals surface area contributed by atoms with Gasteiger partial charge in [0.15, 0.2) is 0 Å². The molecule has 2 fully saturated rings. The standard InChI is InChI=1S/C14H26N2O/c1-10(17)16-8-6-11(7-9-16)15-12-13(2,3)14(12,4)5/h11-12,15H,6-9H2,1-5H3. The molecule has 0 unspecified atom stereocenters. The summed E-state index contributed by atoms with van der Waals surface area (Å²) in [6.07, 6.45) is 2.20. The zero-order valence-electron chi connectivity index (χ0n) is 11.8. The predicted molar refractivity (Wildman–Crippen MR) is 69.8 cm³/mol. The fourth-order valence-corrected chi connectivity index (χ4v) is 3.21. The van der Waals surface area contributed by atoms with E-state index in [0.717, 1.165) is 25.9 Å². The first-order chi connectivity index (χ1) is 7.76. The van der Waals surface area contributed by atoms with Gasteiger partial charge in [-0.3, -0.25) is 4.79 Å². The Kier molecular flexibility index (Phi) is 3.01. The molecule has 0 atom stereocenters. The van der Waals surface area contributed by atoms with E-state index in [2.05, 4.69) is 33.0 Å². The number of rotatable bonds is 2. The van der Waals surface area contributed by atoms with Crippen LogP contribution < -0.4 is 5.32 Å². The Hall–Kier alpha value is -0.570. The minimum absolute atomic E-state index is 0.218. The van der Waals surface area contributed by atoms with Crippen molar-refractivity contribution in [3.63, 3.8) is 0 Å². The van der Waals surface area contributed by atoms with Crippen LogP contribution in [0.3, 0.4) is 0 Å². The highest BCUT2D eigenvalue weighted by Gasteiger charge is 2.64. The Morgan fingerprint density at radius 3 is 1.94 bits per heavy atom. The molecule has 0 spiro atoms. The van der Waals surface area contributed by atoms with Crippen LogP contribution in [0.25, 0.3) is 0 Å². The molecule has 1 aliphatic heterocycles. The Morgan fingerprint density at radius 1 is 1.12 bits per heavy atom. The summed E-state index contributed by atoms with van der Waals surface area (Å²) in [5, 5.41) is 3.79. The number of hydrogen-bond donors (Lipinski definition) is 1. The highest BCUT2D eigenvalue weighted by Crippen LogP contribution is 2.62. The van der Waals surface area contributed by atoms with Crippen molar-refractivity contribution < 1.29 is 4.79 Å². The van der Waals surface area contributed by atoms with Gasteiger partial charge in [-0.2, -0.15) is 0 Å². The molecule has 0 aromatic carbocycles. The Balaban J connectivity index is 1.82. The average molecular weight is 238 g/mol. The van der Waals surface area contributed by atoms with Crippen molar-refractivity contribution in [1.29, 1.82) is 0 Å². The van der Waals surface area contributed by atoms with Gasteiger partial charge in [0.1, 0.15) is 0 Å². The number of nitrogens with zero attached hydrogens (tertiary/aromatic N) is 1. The molecule has 2 aliphatic rings. The summed E-state index contributed by atoms with van der Waals surface area (Å²) in [6.45, 7) is 12.9. The van der Waals surface area contributed by atoms with E-state index in [0.29, 0.717) is 22.9 Å². The molecule has 1 amide bonds. The fraction of sp³-hybridized carbons (Fsp3) is 0.929. The molecule has 3 heteroatoms. The summed E-state index contributed by atoms with van der Waals surface area (Å²) >= 11 is 0. The first-order valence-electron chi connectivity index (χ1n) is 6.78. The van der Waals surface area contributed by atoms with Crippen molar-refractivity contribution in [2.45, 2.75) is 59.5 Å². The van der Waals surface area contributed by atoms with Gasteiger partial charge in [-0.25, -0.2) is 0 Å². The first-order valence-corrected chi connectivity index (χ1v) is 6.78. The smallest absolute Gasteiger partial charge is 0.219 e. The van der Waals surface area contributed by atoms with Crippen LogP contribution in [0.4, 0.5) is 0 Å². The Bertz CT molecular complexity index is 300. The van der Waals surface area contributed by atoms with E-state index >= 15 is 0 Å². The molecule has 17 heavy (non-hydrogen) atoms. The van der Waals surface area contributed by atoms with Crippen LogP contribution in [-0.2, 0) is 4.79 Å². The van der Waals surface area contributed by atoms with E-state index in [4.69, 9.17) is 0 Å². The molecule has 2 rings (SSSR count). The summed E-state index contributed by atoms with van der Waals surface area (Å²) in [7, 11) is 0. The highest BCUT2D eigenvalue weighted by molar-refractivity contribution is 5.73. The molecule has 1 heterocycles. The molecular weight excluding hydrogens is 212 g/mol. The molecular formula is C14H26N2O. The van der Waals surface area contributed by atoms with Crippen molar-refractivity contribution in [2.75, 3.05) is 13.1 Å². The second kappa shape index (κ2) is 3.98. The first kappa shape index (κ1) is 12.9. The lowest BCUT2D eigenvalue weighted by Crippen LogP contribution is -2.45. The van der Waals surface area contributed by atoms with Crippen molar-refractivity contribution >= 4 is 5.91 Å². The van der Waals surface area contributed by atoms with Crippen LogP contribution in [0, 0.1) is 10.8 Å². The Labute approximate surface area is 105 Å². The van der Waals surface area contributed by atoms with Gasteiger partial charge < -0.3 is 10.2 Å². The lowest BCUT2D eigenvalue weighted by molar-refractivity contribution is -0.129. The largest absolute Gasteiger partial charge is 0.343 e. The average Bonchev–Trinajstić information content (AvgIpc) is 2.62. The normalized spacial score (nSPS) is 28.2. The van der Waals surface area contributed by atoms with Crippen LogP contribution in [0.5, 0.6) is 0 Å². The maximum atomic E-state index is 11.3. The third-order valence-electron chi connectivity index (χ3n) is 5.36. The van der Waals surface area contributed by atoms with E-state index in [9.17, 15) is 4.79 Å². The van der Waals surface area contributed by atoms with E-state index in [-0.39, 0.29) is 5.91 Å². The molecule has 1 saturated heterocycles. The van der Waals surface area contributed by atoms with Gasteiger partial charge in [0, 0.05) is 32.1 Å². The number of piperidine rings is 1. The minimum Gasteiger partial charge on any atom is -0.343 e. The number of hydrogen-bond acceptors (Lipinski definition) is 2. The van der Waals surface area contributed by atoms with Gasteiger partial charge in [0.05, 0.1) is 0 Å². The second-order valence-electron chi connectivity index (χ2n) is 6.82. The van der Waals surface area contributed by atoms with Gasteiger partial charge >= 0.3 is 0 Å². The number of nitrogens with one attached hydrogen (secondary N) is 1. The van der Waals surface area contributed by atoms with Crippen LogP contribution in [-0.4, -0.2) is 36.0 Å². The van der Waals surface area contributed by atoms with Gasteiger partial charge in [-0.15, -0.1) is 0 Å². The predicted octanol–water partition coefficient (Wildman–Crippen LogP) is 2.02. The molecule has 1 saturated carbocycles. The molecule has 98 valence electrons. The second-order valence-corrected chi connectivity index (χ2v) is 6.82. The van der Waals surface area contributed by atoms with E-state index in [1.807, 2.05) is 4.90 Å². The van der Waals surface area contributed by atoms with Crippen molar-refractivity contribution in [2.24, 2.45) is 10.8 Å². The molecule has 0 radical (unpaired) electrons. The maximum absolute atomic E-state index is 11.3.